The summed E-state index contributed by atoms with van der Waals surface area (Å²) < 4.78 is 19.1. The second kappa shape index (κ2) is 6.46. The van der Waals surface area contributed by atoms with Crippen LogP contribution in [0, 0.1) is 17.2 Å². The Balaban J connectivity index is 1.91. The van der Waals surface area contributed by atoms with E-state index in [0.29, 0.717) is 30.6 Å². The zero-order chi connectivity index (χ0) is 18.2. The summed E-state index contributed by atoms with van der Waals surface area (Å²) in [6.07, 6.45) is 1.97. The van der Waals surface area contributed by atoms with Gasteiger partial charge in [-0.05, 0) is 31.4 Å². The van der Waals surface area contributed by atoms with Gasteiger partial charge in [-0.25, -0.2) is 9.37 Å². The number of nitrogens with one attached hydrogen (secondary N) is 1. The Kier molecular flexibility index (Phi) is 4.49. The van der Waals surface area contributed by atoms with E-state index in [1.54, 1.807) is 11.8 Å². The molecule has 2 heterocycles. The van der Waals surface area contributed by atoms with Crippen LogP contribution in [0.3, 0.4) is 0 Å². The van der Waals surface area contributed by atoms with Gasteiger partial charge in [-0.15, -0.1) is 0 Å². The highest BCUT2D eigenvalue weighted by atomic mass is 19.1. The zero-order valence-corrected chi connectivity index (χ0v) is 14.6. The normalized spacial score (nSPS) is 20.4. The number of hydrogen-bond acceptors (Lipinski definition) is 4. The van der Waals surface area contributed by atoms with Crippen LogP contribution in [0.5, 0.6) is 0 Å². The number of carbonyl (C=O) groups is 2. The van der Waals surface area contributed by atoms with Gasteiger partial charge in [-0.2, -0.15) is 0 Å². The Morgan fingerprint density at radius 1 is 1.44 bits per heavy atom. The summed E-state index contributed by atoms with van der Waals surface area (Å²) >= 11 is 0. The molecule has 25 heavy (non-hydrogen) atoms. The molecule has 0 radical (unpaired) electrons. The summed E-state index contributed by atoms with van der Waals surface area (Å²) in [5.74, 6) is -1.06. The monoisotopic (exact) mass is 347 g/mol. The Hall–Kier alpha value is -2.44. The van der Waals surface area contributed by atoms with Gasteiger partial charge in [0.15, 0.2) is 0 Å². The molecule has 0 aliphatic carbocycles. The van der Waals surface area contributed by atoms with Crippen LogP contribution < -0.4 is 0 Å². The average molecular weight is 347 g/mol. The second-order valence-corrected chi connectivity index (χ2v) is 6.76. The number of amides is 1. The maximum Gasteiger partial charge on any atom is 0.314 e. The van der Waals surface area contributed by atoms with Gasteiger partial charge < -0.3 is 14.6 Å². The van der Waals surface area contributed by atoms with Crippen molar-refractivity contribution < 1.29 is 18.7 Å². The van der Waals surface area contributed by atoms with E-state index in [1.165, 1.54) is 18.5 Å². The molecule has 1 saturated heterocycles. The summed E-state index contributed by atoms with van der Waals surface area (Å²) in [4.78, 5) is 34.0. The number of fused-ring (bicyclic) bond motifs is 1. The number of aromatic nitrogens is 2. The second-order valence-electron chi connectivity index (χ2n) is 6.76. The molecule has 7 heteroatoms. The van der Waals surface area contributed by atoms with Crippen LogP contribution in [0.2, 0.25) is 0 Å². The number of benzene rings is 1. The first-order chi connectivity index (χ1) is 11.9. The highest BCUT2D eigenvalue weighted by Gasteiger charge is 2.49. The maximum atomic E-state index is 13.8. The molecule has 0 spiro atoms. The van der Waals surface area contributed by atoms with Crippen LogP contribution in [0.1, 0.15) is 37.6 Å². The van der Waals surface area contributed by atoms with Crippen molar-refractivity contribution in [2.24, 2.45) is 11.3 Å². The number of halogens is 1. The molecule has 6 nitrogen and oxygen atoms in total. The third-order valence-electron chi connectivity index (χ3n) is 5.09. The summed E-state index contributed by atoms with van der Waals surface area (Å²) in [6.45, 7) is 6.69. The molecule has 1 aromatic carbocycles. The summed E-state index contributed by atoms with van der Waals surface area (Å²) in [6, 6.07) is 2.51. The van der Waals surface area contributed by atoms with Gasteiger partial charge in [0, 0.05) is 13.1 Å². The standard InChI is InChI=1S/C18H22FN3O3/c1-4-25-17(24)18(11(2)3)5-6-22(9-18)16(23)13-7-12(19)8-14-15(13)21-10-20-14/h7-8,10-11H,4-6,9H2,1-3H3,(H,20,21)/t18-/m1/s1. The molecule has 0 saturated carbocycles. The Morgan fingerprint density at radius 2 is 2.20 bits per heavy atom. The van der Waals surface area contributed by atoms with Crippen molar-refractivity contribution in [3.05, 3.63) is 29.8 Å². The lowest BCUT2D eigenvalue weighted by Gasteiger charge is -2.30. The minimum atomic E-state index is -0.719. The number of hydrogen-bond donors (Lipinski definition) is 1. The molecule has 0 unspecified atom stereocenters. The predicted molar refractivity (Wildman–Crippen MR) is 90.5 cm³/mol. The lowest BCUT2D eigenvalue weighted by molar-refractivity contribution is -0.157. The van der Waals surface area contributed by atoms with E-state index in [1.807, 2.05) is 13.8 Å². The van der Waals surface area contributed by atoms with Crippen LogP contribution in [-0.2, 0) is 9.53 Å². The molecule has 1 aromatic heterocycles. The van der Waals surface area contributed by atoms with Gasteiger partial charge >= 0.3 is 5.97 Å². The number of likely N-dealkylation sites (tertiary alicyclic amines) is 1. The van der Waals surface area contributed by atoms with Gasteiger partial charge in [-0.1, -0.05) is 13.8 Å². The molecule has 3 rings (SSSR count). The molecule has 134 valence electrons. The Bertz CT molecular complexity index is 817. The van der Waals surface area contributed by atoms with Crippen LogP contribution >= 0.6 is 0 Å². The van der Waals surface area contributed by atoms with Crippen LogP contribution in [0.15, 0.2) is 18.5 Å². The summed E-state index contributed by atoms with van der Waals surface area (Å²) in [5, 5.41) is 0. The lowest BCUT2D eigenvalue weighted by Crippen LogP contribution is -2.42. The minimum Gasteiger partial charge on any atom is -0.466 e. The van der Waals surface area contributed by atoms with Crippen LogP contribution in [0.25, 0.3) is 11.0 Å². The molecular weight excluding hydrogens is 325 g/mol. The maximum absolute atomic E-state index is 13.8. The molecule has 1 fully saturated rings. The highest BCUT2D eigenvalue weighted by molar-refractivity contribution is 6.05. The third-order valence-corrected chi connectivity index (χ3v) is 5.09. The van der Waals surface area contributed by atoms with Crippen molar-refractivity contribution >= 4 is 22.9 Å². The Labute approximate surface area is 145 Å². The fourth-order valence-electron chi connectivity index (χ4n) is 3.50. The first kappa shape index (κ1) is 17.4. The Morgan fingerprint density at radius 3 is 2.88 bits per heavy atom. The number of esters is 1. The number of nitrogens with zero attached hydrogens (tertiary/aromatic N) is 2. The van der Waals surface area contributed by atoms with Crippen molar-refractivity contribution in [3.8, 4) is 0 Å². The van der Waals surface area contributed by atoms with Crippen molar-refractivity contribution in [1.82, 2.24) is 14.9 Å². The number of imidazole rings is 1. The van der Waals surface area contributed by atoms with Crippen molar-refractivity contribution in [2.45, 2.75) is 27.2 Å². The van der Waals surface area contributed by atoms with E-state index in [4.69, 9.17) is 4.74 Å². The lowest BCUT2D eigenvalue weighted by atomic mass is 9.76. The molecule has 1 atom stereocenters. The fraction of sp³-hybridized carbons (Fsp3) is 0.500. The number of H-pyrrole nitrogens is 1. The molecule has 1 amide bonds. The fourth-order valence-corrected chi connectivity index (χ4v) is 3.50. The highest BCUT2D eigenvalue weighted by Crippen LogP contribution is 2.40. The van der Waals surface area contributed by atoms with E-state index in [9.17, 15) is 14.0 Å². The first-order valence-corrected chi connectivity index (χ1v) is 8.48. The number of carbonyl (C=O) groups excluding carboxylic acids is 2. The van der Waals surface area contributed by atoms with Crippen molar-refractivity contribution in [3.63, 3.8) is 0 Å². The molecule has 0 bridgehead atoms. The minimum absolute atomic E-state index is 0.0299. The number of rotatable bonds is 4. The van der Waals surface area contributed by atoms with Crippen molar-refractivity contribution in [2.75, 3.05) is 19.7 Å². The third kappa shape index (κ3) is 2.88. The summed E-state index contributed by atoms with van der Waals surface area (Å²) in [5.41, 5.74) is 0.399. The van der Waals surface area contributed by atoms with E-state index >= 15 is 0 Å². The van der Waals surface area contributed by atoms with Gasteiger partial charge in [0.25, 0.3) is 5.91 Å². The average Bonchev–Trinajstić information content (AvgIpc) is 3.21. The van der Waals surface area contributed by atoms with Crippen LogP contribution in [-0.4, -0.2) is 46.4 Å². The van der Waals surface area contributed by atoms with Gasteiger partial charge in [0.1, 0.15) is 11.3 Å². The molecular formula is C18H22FN3O3. The molecule has 1 aliphatic heterocycles. The largest absolute Gasteiger partial charge is 0.466 e. The number of aromatic amines is 1. The molecule has 1 aliphatic rings. The van der Waals surface area contributed by atoms with E-state index in [0.717, 1.165) is 0 Å². The molecule has 2 aromatic rings. The summed E-state index contributed by atoms with van der Waals surface area (Å²) in [7, 11) is 0. The van der Waals surface area contributed by atoms with E-state index in [2.05, 4.69) is 9.97 Å². The zero-order valence-electron chi connectivity index (χ0n) is 14.6. The SMILES string of the molecule is CCOC(=O)[C@]1(C(C)C)CCN(C(=O)c2cc(F)cc3[nH]cnc23)C1. The number of ether oxygens (including phenoxy) is 1. The van der Waals surface area contributed by atoms with Gasteiger partial charge in [0.05, 0.1) is 29.4 Å². The van der Waals surface area contributed by atoms with Crippen LogP contribution in [0.4, 0.5) is 4.39 Å². The van der Waals surface area contributed by atoms with E-state index < -0.39 is 11.2 Å². The van der Waals surface area contributed by atoms with Gasteiger partial charge in [0.2, 0.25) is 0 Å². The van der Waals surface area contributed by atoms with Crippen molar-refractivity contribution in [1.29, 1.82) is 0 Å². The van der Waals surface area contributed by atoms with E-state index in [-0.39, 0.29) is 29.9 Å². The quantitative estimate of drug-likeness (QED) is 0.863. The smallest absolute Gasteiger partial charge is 0.314 e. The topological polar surface area (TPSA) is 75.3 Å². The predicted octanol–water partition coefficient (Wildman–Crippen LogP) is 2.75. The molecule has 1 N–H and O–H groups in total. The van der Waals surface area contributed by atoms with Gasteiger partial charge in [-0.3, -0.25) is 9.59 Å². The first-order valence-electron chi connectivity index (χ1n) is 8.48.